The molecule has 1 atom stereocenters. The van der Waals surface area contributed by atoms with Crippen molar-refractivity contribution in [2.24, 2.45) is 17.4 Å². The first-order valence-corrected chi connectivity index (χ1v) is 7.94. The summed E-state index contributed by atoms with van der Waals surface area (Å²) in [7, 11) is 0. The summed E-state index contributed by atoms with van der Waals surface area (Å²) >= 11 is 0. The maximum absolute atomic E-state index is 6.03. The van der Waals surface area contributed by atoms with E-state index in [0.29, 0.717) is 25.6 Å². The van der Waals surface area contributed by atoms with Crippen LogP contribution >= 0.6 is 0 Å². The number of aryl methyl sites for hydroxylation is 1. The first kappa shape index (κ1) is 18.0. The summed E-state index contributed by atoms with van der Waals surface area (Å²) in [5, 5.41) is 0. The molecule has 21 heavy (non-hydrogen) atoms. The zero-order valence-corrected chi connectivity index (χ0v) is 14.5. The maximum Gasteiger partial charge on any atom is 0.126 e. The molecule has 0 radical (unpaired) electrons. The van der Waals surface area contributed by atoms with E-state index in [-0.39, 0.29) is 11.3 Å². The molecule has 0 bridgehead atoms. The van der Waals surface area contributed by atoms with Crippen molar-refractivity contribution in [3.05, 3.63) is 28.8 Å². The fourth-order valence-electron chi connectivity index (χ4n) is 2.76. The topological polar surface area (TPSA) is 61.3 Å². The van der Waals surface area contributed by atoms with Gasteiger partial charge < -0.3 is 16.2 Å². The molecule has 0 aliphatic heterocycles. The van der Waals surface area contributed by atoms with Gasteiger partial charge in [-0.3, -0.25) is 0 Å². The zero-order chi connectivity index (χ0) is 16.2. The van der Waals surface area contributed by atoms with E-state index in [9.17, 15) is 0 Å². The van der Waals surface area contributed by atoms with Gasteiger partial charge >= 0.3 is 0 Å². The molecular weight excluding hydrogens is 260 g/mol. The Labute approximate surface area is 130 Å². The Morgan fingerprint density at radius 2 is 1.71 bits per heavy atom. The van der Waals surface area contributed by atoms with Crippen molar-refractivity contribution in [3.8, 4) is 5.75 Å². The molecule has 4 N–H and O–H groups in total. The summed E-state index contributed by atoms with van der Waals surface area (Å²) in [4.78, 5) is 0. The summed E-state index contributed by atoms with van der Waals surface area (Å²) in [6.45, 7) is 14.9. The smallest absolute Gasteiger partial charge is 0.126 e. The molecule has 0 aliphatic carbocycles. The van der Waals surface area contributed by atoms with Crippen LogP contribution in [0.15, 0.2) is 12.1 Å². The maximum atomic E-state index is 6.03. The van der Waals surface area contributed by atoms with E-state index in [1.165, 1.54) is 16.7 Å². The van der Waals surface area contributed by atoms with Gasteiger partial charge in [-0.05, 0) is 49.8 Å². The molecule has 1 unspecified atom stereocenters. The summed E-state index contributed by atoms with van der Waals surface area (Å²) in [6, 6.07) is 4.46. The Morgan fingerprint density at radius 3 is 2.14 bits per heavy atom. The third-order valence-electron chi connectivity index (χ3n) is 4.16. The summed E-state index contributed by atoms with van der Waals surface area (Å²) in [6.07, 6.45) is 0. The molecule has 0 saturated heterocycles. The van der Waals surface area contributed by atoms with Crippen molar-refractivity contribution < 1.29 is 4.74 Å². The Kier molecular flexibility index (Phi) is 6.24. The highest BCUT2D eigenvalue weighted by Gasteiger charge is 2.26. The van der Waals surface area contributed by atoms with E-state index < -0.39 is 0 Å². The van der Waals surface area contributed by atoms with E-state index in [2.05, 4.69) is 46.8 Å². The fourth-order valence-corrected chi connectivity index (χ4v) is 2.76. The second-order valence-corrected chi connectivity index (χ2v) is 6.93. The second-order valence-electron chi connectivity index (χ2n) is 6.93. The Morgan fingerprint density at radius 1 is 1.14 bits per heavy atom. The minimum atomic E-state index is 0.0475. The van der Waals surface area contributed by atoms with Gasteiger partial charge in [-0.25, -0.2) is 0 Å². The second kappa shape index (κ2) is 7.28. The molecule has 3 nitrogen and oxygen atoms in total. The predicted molar refractivity (Wildman–Crippen MR) is 91.1 cm³/mol. The molecule has 1 aromatic carbocycles. The van der Waals surface area contributed by atoms with Crippen molar-refractivity contribution in [2.75, 3.05) is 19.7 Å². The van der Waals surface area contributed by atoms with E-state index >= 15 is 0 Å². The molecule has 1 aromatic rings. The lowest BCUT2D eigenvalue weighted by molar-refractivity contribution is 0.319. The summed E-state index contributed by atoms with van der Waals surface area (Å²) < 4.78 is 6.03. The average Bonchev–Trinajstić information content (AvgIpc) is 2.40. The SMILES string of the molecule is CCOc1c(C(C)C(CN)CN)cc(C)cc1C(C)(C)C. The number of rotatable bonds is 6. The van der Waals surface area contributed by atoms with Crippen molar-refractivity contribution in [1.29, 1.82) is 0 Å². The van der Waals surface area contributed by atoms with E-state index in [4.69, 9.17) is 16.2 Å². The quantitative estimate of drug-likeness (QED) is 0.845. The number of hydrogen-bond acceptors (Lipinski definition) is 3. The zero-order valence-electron chi connectivity index (χ0n) is 14.5. The van der Waals surface area contributed by atoms with Gasteiger partial charge in [0.1, 0.15) is 5.75 Å². The first-order valence-electron chi connectivity index (χ1n) is 7.94. The van der Waals surface area contributed by atoms with E-state index in [1.807, 2.05) is 6.92 Å². The largest absolute Gasteiger partial charge is 0.493 e. The van der Waals surface area contributed by atoms with Gasteiger partial charge in [-0.1, -0.05) is 45.4 Å². The van der Waals surface area contributed by atoms with Crippen LogP contribution in [0, 0.1) is 12.8 Å². The Bertz CT molecular complexity index is 459. The fraction of sp³-hybridized carbons (Fsp3) is 0.667. The van der Waals surface area contributed by atoms with Crippen LogP contribution in [-0.4, -0.2) is 19.7 Å². The highest BCUT2D eigenvalue weighted by atomic mass is 16.5. The van der Waals surface area contributed by atoms with Crippen molar-refractivity contribution >= 4 is 0 Å². The molecule has 3 heteroatoms. The molecular formula is C18H32N2O. The van der Waals surface area contributed by atoms with Crippen LogP contribution in [0.5, 0.6) is 5.75 Å². The third-order valence-corrected chi connectivity index (χ3v) is 4.16. The van der Waals surface area contributed by atoms with Crippen molar-refractivity contribution in [2.45, 2.75) is 52.9 Å². The summed E-state index contributed by atoms with van der Waals surface area (Å²) in [5.41, 5.74) is 15.6. The molecule has 1 rings (SSSR count). The Hall–Kier alpha value is -1.06. The van der Waals surface area contributed by atoms with Gasteiger partial charge in [-0.2, -0.15) is 0 Å². The molecule has 120 valence electrons. The molecule has 0 fully saturated rings. The van der Waals surface area contributed by atoms with Crippen LogP contribution in [0.1, 0.15) is 57.2 Å². The predicted octanol–water partition coefficient (Wildman–Crippen LogP) is 3.33. The van der Waals surface area contributed by atoms with Crippen molar-refractivity contribution in [3.63, 3.8) is 0 Å². The minimum Gasteiger partial charge on any atom is -0.493 e. The Balaban J connectivity index is 3.45. The molecule has 0 spiro atoms. The van der Waals surface area contributed by atoms with Crippen molar-refractivity contribution in [1.82, 2.24) is 0 Å². The molecule has 0 aliphatic rings. The molecule has 0 amide bonds. The van der Waals surface area contributed by atoms with Gasteiger partial charge in [0.05, 0.1) is 6.61 Å². The monoisotopic (exact) mass is 292 g/mol. The lowest BCUT2D eigenvalue weighted by Crippen LogP contribution is -2.28. The van der Waals surface area contributed by atoms with Crippen LogP contribution in [0.3, 0.4) is 0 Å². The first-order chi connectivity index (χ1) is 9.76. The average molecular weight is 292 g/mol. The molecule has 0 heterocycles. The van der Waals surface area contributed by atoms with Gasteiger partial charge in [-0.15, -0.1) is 0 Å². The normalized spacial score (nSPS) is 13.6. The minimum absolute atomic E-state index is 0.0475. The van der Waals surface area contributed by atoms with Crippen LogP contribution in [0.25, 0.3) is 0 Å². The van der Waals surface area contributed by atoms with Gasteiger partial charge in [0.15, 0.2) is 0 Å². The number of ether oxygens (including phenoxy) is 1. The highest BCUT2D eigenvalue weighted by molar-refractivity contribution is 5.49. The van der Waals surface area contributed by atoms with Gasteiger partial charge in [0.2, 0.25) is 0 Å². The summed E-state index contributed by atoms with van der Waals surface area (Å²) in [5.74, 6) is 1.59. The number of nitrogens with two attached hydrogens (primary N) is 2. The standard InChI is InChI=1S/C18H32N2O/c1-7-21-17-15(13(3)14(10-19)11-20)8-12(2)9-16(17)18(4,5)6/h8-9,13-14H,7,10-11,19-20H2,1-6H3. The van der Waals surface area contributed by atoms with Crippen LogP contribution in [0.4, 0.5) is 0 Å². The molecule has 0 saturated carbocycles. The van der Waals surface area contributed by atoms with E-state index in [1.54, 1.807) is 0 Å². The van der Waals surface area contributed by atoms with Gasteiger partial charge in [0, 0.05) is 5.56 Å². The van der Waals surface area contributed by atoms with E-state index in [0.717, 1.165) is 5.75 Å². The van der Waals surface area contributed by atoms with Crippen LogP contribution in [-0.2, 0) is 5.41 Å². The van der Waals surface area contributed by atoms with Crippen LogP contribution < -0.4 is 16.2 Å². The van der Waals surface area contributed by atoms with Gasteiger partial charge in [0.25, 0.3) is 0 Å². The molecule has 0 aromatic heterocycles. The van der Waals surface area contributed by atoms with Crippen LogP contribution in [0.2, 0.25) is 0 Å². The lowest BCUT2D eigenvalue weighted by atomic mass is 9.79. The number of hydrogen-bond donors (Lipinski definition) is 2. The highest BCUT2D eigenvalue weighted by Crippen LogP contribution is 2.40. The third kappa shape index (κ3) is 4.21. The number of benzene rings is 1. The lowest BCUT2D eigenvalue weighted by Gasteiger charge is -2.29.